The van der Waals surface area contributed by atoms with Crippen LogP contribution in [-0.4, -0.2) is 26.3 Å². The Kier molecular flexibility index (Phi) is 6.55. The van der Waals surface area contributed by atoms with Gasteiger partial charge in [0, 0.05) is 19.3 Å². The zero-order valence-electron chi connectivity index (χ0n) is 6.89. The van der Waals surface area contributed by atoms with Crippen molar-refractivity contribution in [3.8, 4) is 0 Å². The second-order valence-corrected chi connectivity index (χ2v) is 2.12. The molecule has 0 rings (SSSR count). The van der Waals surface area contributed by atoms with E-state index < -0.39 is 0 Å². The minimum atomic E-state index is 0.395. The molecule has 10 heavy (non-hydrogen) atoms. The minimum Gasteiger partial charge on any atom is -0.382 e. The van der Waals surface area contributed by atoms with E-state index in [-0.39, 0.29) is 0 Å². The maximum Gasteiger partial charge on any atom is 0.0483 e. The summed E-state index contributed by atoms with van der Waals surface area (Å²) in [7, 11) is 1.93. The average Bonchev–Trinajstić information content (AvgIpc) is 1.99. The smallest absolute Gasteiger partial charge is 0.0483 e. The molecule has 60 valence electrons. The predicted molar refractivity (Wildman–Crippen MR) is 44.2 cm³/mol. The van der Waals surface area contributed by atoms with E-state index in [1.807, 2.05) is 20.0 Å². The number of nitrogens with one attached hydrogen (secondary N) is 1. The Morgan fingerprint density at radius 3 is 2.80 bits per heavy atom. The molecule has 1 unspecified atom stereocenters. The molecule has 0 amide bonds. The molecule has 0 aromatic rings. The first-order valence-electron chi connectivity index (χ1n) is 3.72. The summed E-state index contributed by atoms with van der Waals surface area (Å²) in [6.07, 6.45) is 2.91. The van der Waals surface area contributed by atoms with Gasteiger partial charge in [-0.1, -0.05) is 6.08 Å². The Morgan fingerprint density at radius 1 is 1.70 bits per heavy atom. The van der Waals surface area contributed by atoms with E-state index >= 15 is 0 Å². The molecule has 0 radical (unpaired) electrons. The summed E-state index contributed by atoms with van der Waals surface area (Å²) in [5, 5.41) is 3.11. The summed E-state index contributed by atoms with van der Waals surface area (Å²) < 4.78 is 5.18. The second kappa shape index (κ2) is 6.78. The molecule has 0 bridgehead atoms. The zero-order chi connectivity index (χ0) is 7.82. The van der Waals surface area contributed by atoms with E-state index in [9.17, 15) is 0 Å². The van der Waals surface area contributed by atoms with Crippen LogP contribution in [0.1, 0.15) is 13.3 Å². The summed E-state index contributed by atoms with van der Waals surface area (Å²) in [6.45, 7) is 7.31. The molecular formula is C8H17NO. The third kappa shape index (κ3) is 4.53. The topological polar surface area (TPSA) is 21.3 Å². The van der Waals surface area contributed by atoms with Crippen LogP contribution >= 0.6 is 0 Å². The van der Waals surface area contributed by atoms with Crippen LogP contribution in [0.4, 0.5) is 0 Å². The van der Waals surface area contributed by atoms with Gasteiger partial charge in [-0.25, -0.2) is 0 Å². The highest BCUT2D eigenvalue weighted by Gasteiger charge is 1.97. The first kappa shape index (κ1) is 9.66. The molecule has 0 spiro atoms. The molecule has 0 aromatic heterocycles. The summed E-state index contributed by atoms with van der Waals surface area (Å²) in [5.74, 6) is 0. The third-order valence-electron chi connectivity index (χ3n) is 1.43. The van der Waals surface area contributed by atoms with Crippen LogP contribution in [0.5, 0.6) is 0 Å². The van der Waals surface area contributed by atoms with E-state index in [0.717, 1.165) is 19.6 Å². The predicted octanol–water partition coefficient (Wildman–Crippen LogP) is 1.19. The van der Waals surface area contributed by atoms with Crippen molar-refractivity contribution in [2.24, 2.45) is 0 Å². The second-order valence-electron chi connectivity index (χ2n) is 2.12. The number of ether oxygens (including phenoxy) is 1. The van der Waals surface area contributed by atoms with Crippen LogP contribution in [-0.2, 0) is 4.74 Å². The van der Waals surface area contributed by atoms with E-state index in [2.05, 4.69) is 11.9 Å². The molecule has 0 aliphatic rings. The Morgan fingerprint density at radius 2 is 2.40 bits per heavy atom. The van der Waals surface area contributed by atoms with Gasteiger partial charge in [-0.15, -0.1) is 6.58 Å². The average molecular weight is 143 g/mol. The van der Waals surface area contributed by atoms with Gasteiger partial charge in [0.05, 0.1) is 0 Å². The lowest BCUT2D eigenvalue weighted by molar-refractivity contribution is 0.141. The van der Waals surface area contributed by atoms with Crippen molar-refractivity contribution in [2.75, 3.05) is 20.3 Å². The summed E-state index contributed by atoms with van der Waals surface area (Å²) in [4.78, 5) is 0. The van der Waals surface area contributed by atoms with Gasteiger partial charge in [-0.05, 0) is 20.4 Å². The highest BCUT2D eigenvalue weighted by molar-refractivity contribution is 4.83. The van der Waals surface area contributed by atoms with Crippen LogP contribution < -0.4 is 5.32 Å². The first-order valence-corrected chi connectivity index (χ1v) is 3.72. The summed E-state index contributed by atoms with van der Waals surface area (Å²) >= 11 is 0. The van der Waals surface area contributed by atoms with E-state index in [0.29, 0.717) is 6.04 Å². The molecule has 0 aliphatic heterocycles. The van der Waals surface area contributed by atoms with E-state index in [4.69, 9.17) is 4.74 Å². The SMILES string of the molecule is C=CC(CCOCC)NC. The summed E-state index contributed by atoms with van der Waals surface area (Å²) in [6, 6.07) is 0.395. The van der Waals surface area contributed by atoms with Gasteiger partial charge >= 0.3 is 0 Å². The van der Waals surface area contributed by atoms with Crippen LogP contribution in [0, 0.1) is 0 Å². The standard InChI is InChI=1S/C8H17NO/c1-4-8(9-3)6-7-10-5-2/h4,8-9H,1,5-7H2,2-3H3. The van der Waals surface area contributed by atoms with Gasteiger partial charge in [0.25, 0.3) is 0 Å². The minimum absolute atomic E-state index is 0.395. The molecule has 2 nitrogen and oxygen atoms in total. The molecular weight excluding hydrogens is 126 g/mol. The number of likely N-dealkylation sites (N-methyl/N-ethyl adjacent to an activating group) is 1. The molecule has 0 saturated carbocycles. The van der Waals surface area contributed by atoms with Crippen molar-refractivity contribution in [2.45, 2.75) is 19.4 Å². The highest BCUT2D eigenvalue weighted by atomic mass is 16.5. The maximum atomic E-state index is 5.18. The zero-order valence-corrected chi connectivity index (χ0v) is 6.89. The molecule has 0 aromatic carbocycles. The lowest BCUT2D eigenvalue weighted by Gasteiger charge is -2.09. The van der Waals surface area contributed by atoms with Gasteiger partial charge in [-0.3, -0.25) is 0 Å². The Labute approximate surface area is 63.3 Å². The number of hydrogen-bond acceptors (Lipinski definition) is 2. The Hall–Kier alpha value is -0.340. The monoisotopic (exact) mass is 143 g/mol. The molecule has 0 saturated heterocycles. The van der Waals surface area contributed by atoms with Crippen molar-refractivity contribution in [1.82, 2.24) is 5.32 Å². The van der Waals surface area contributed by atoms with E-state index in [1.165, 1.54) is 0 Å². The van der Waals surface area contributed by atoms with E-state index in [1.54, 1.807) is 0 Å². The molecule has 0 aliphatic carbocycles. The number of hydrogen-bond donors (Lipinski definition) is 1. The highest BCUT2D eigenvalue weighted by Crippen LogP contribution is 1.91. The van der Waals surface area contributed by atoms with Gasteiger partial charge in [-0.2, -0.15) is 0 Å². The van der Waals surface area contributed by atoms with Crippen molar-refractivity contribution in [3.63, 3.8) is 0 Å². The maximum absolute atomic E-state index is 5.18. The Bertz CT molecular complexity index is 83.3. The summed E-state index contributed by atoms with van der Waals surface area (Å²) in [5.41, 5.74) is 0. The lowest BCUT2D eigenvalue weighted by Crippen LogP contribution is -2.23. The van der Waals surface area contributed by atoms with Gasteiger partial charge in [0.1, 0.15) is 0 Å². The van der Waals surface area contributed by atoms with Crippen molar-refractivity contribution < 1.29 is 4.74 Å². The van der Waals surface area contributed by atoms with Crippen molar-refractivity contribution >= 4 is 0 Å². The van der Waals surface area contributed by atoms with Crippen LogP contribution in [0.3, 0.4) is 0 Å². The lowest BCUT2D eigenvalue weighted by atomic mass is 10.2. The first-order chi connectivity index (χ1) is 4.85. The molecule has 0 fully saturated rings. The molecule has 2 heteroatoms. The van der Waals surface area contributed by atoms with Crippen molar-refractivity contribution in [1.29, 1.82) is 0 Å². The van der Waals surface area contributed by atoms with Gasteiger partial charge < -0.3 is 10.1 Å². The molecule has 0 heterocycles. The van der Waals surface area contributed by atoms with Gasteiger partial charge in [0.2, 0.25) is 0 Å². The third-order valence-corrected chi connectivity index (χ3v) is 1.43. The fraction of sp³-hybridized carbons (Fsp3) is 0.750. The number of rotatable bonds is 6. The largest absolute Gasteiger partial charge is 0.382 e. The van der Waals surface area contributed by atoms with Crippen LogP contribution in [0.15, 0.2) is 12.7 Å². The Balaban J connectivity index is 3.17. The normalized spacial score (nSPS) is 13.0. The van der Waals surface area contributed by atoms with Gasteiger partial charge in [0.15, 0.2) is 0 Å². The quantitative estimate of drug-likeness (QED) is 0.445. The molecule has 1 atom stereocenters. The molecule has 1 N–H and O–H groups in total. The van der Waals surface area contributed by atoms with Crippen LogP contribution in [0.25, 0.3) is 0 Å². The van der Waals surface area contributed by atoms with Crippen molar-refractivity contribution in [3.05, 3.63) is 12.7 Å². The fourth-order valence-corrected chi connectivity index (χ4v) is 0.735. The fourth-order valence-electron chi connectivity index (χ4n) is 0.735. The van der Waals surface area contributed by atoms with Crippen LogP contribution in [0.2, 0.25) is 0 Å².